The molecule has 0 aliphatic heterocycles. The van der Waals surface area contributed by atoms with Crippen LogP contribution in [0.5, 0.6) is 0 Å². The first-order valence-corrected chi connectivity index (χ1v) is 28.3. The second kappa shape index (κ2) is 44.3. The van der Waals surface area contributed by atoms with E-state index >= 15 is 0 Å². The molecule has 5 N–H and O–H groups in total. The Bertz CT molecular complexity index is 1380. The van der Waals surface area contributed by atoms with E-state index in [1.807, 2.05) is 42.5 Å². The highest BCUT2D eigenvalue weighted by Crippen LogP contribution is 2.44. The van der Waals surface area contributed by atoms with Crippen LogP contribution in [0.15, 0.2) is 48.6 Å². The van der Waals surface area contributed by atoms with E-state index in [0.717, 1.165) is 63.7 Å². The molecule has 0 spiro atoms. The first-order valence-electron chi connectivity index (χ1n) is 25.3. The molecular weight excluding hydrogens is 886 g/mol. The summed E-state index contributed by atoms with van der Waals surface area (Å²) in [6.45, 7) is 3.94. The van der Waals surface area contributed by atoms with E-state index in [4.69, 9.17) is 28.3 Å². The minimum atomic E-state index is -4.88. The van der Waals surface area contributed by atoms with Crippen molar-refractivity contribution in [2.24, 2.45) is 5.92 Å². The lowest BCUT2D eigenvalue weighted by Gasteiger charge is -2.20. The van der Waals surface area contributed by atoms with Crippen molar-refractivity contribution in [1.82, 2.24) is 0 Å². The van der Waals surface area contributed by atoms with Crippen molar-refractivity contribution in [3.63, 3.8) is 0 Å². The van der Waals surface area contributed by atoms with Crippen LogP contribution >= 0.6 is 15.6 Å². The normalized spacial score (nSPS) is 14.8. The fourth-order valence-electron chi connectivity index (χ4n) is 6.87. The summed E-state index contributed by atoms with van der Waals surface area (Å²) in [4.78, 5) is 52.9. The standard InChI is InChI=1S/C50H92O14P2/c1-4-5-31-37-46(51)38-33-28-24-20-16-14-18-21-25-29-34-39-49(53)60-43-48(44-63-66(58,59)62-42-47(52)41-61-65(55,56)57)64-50(54)40-35-30-26-22-17-13-11-9-7-6-8-10-12-15-19-23-27-32-36-45(2)3/h14,16,21,24-25,28,33,38,45-48,51-52H,4-13,15,17-20,22-23,26-27,29-32,34-37,39-44H2,1-3H3,(H,58,59)(H2,55,56,57)/b16-14-,25-21-,28-24-,38-33+/t46-,47+,48-/m1/s1. The number of hydrogen-bond acceptors (Lipinski definition) is 11. The van der Waals surface area contributed by atoms with Crippen LogP contribution in [0.1, 0.15) is 207 Å². The van der Waals surface area contributed by atoms with Crippen molar-refractivity contribution in [3.05, 3.63) is 48.6 Å². The Labute approximate surface area is 399 Å². The third-order valence-electron chi connectivity index (χ3n) is 10.7. The predicted molar refractivity (Wildman–Crippen MR) is 264 cm³/mol. The smallest absolute Gasteiger partial charge is 0.462 e. The van der Waals surface area contributed by atoms with Gasteiger partial charge in [0.2, 0.25) is 0 Å². The molecule has 0 aromatic rings. The molecule has 0 saturated carbocycles. The Balaban J connectivity index is 4.50. The fourth-order valence-corrected chi connectivity index (χ4v) is 8.03. The van der Waals surface area contributed by atoms with E-state index in [9.17, 15) is 33.8 Å². The van der Waals surface area contributed by atoms with E-state index < -0.39 is 72.3 Å². The van der Waals surface area contributed by atoms with Gasteiger partial charge in [0.15, 0.2) is 6.10 Å². The highest BCUT2D eigenvalue weighted by molar-refractivity contribution is 7.47. The van der Waals surface area contributed by atoms with Crippen LogP contribution < -0.4 is 0 Å². The summed E-state index contributed by atoms with van der Waals surface area (Å²) < 4.78 is 47.9. The molecule has 0 saturated heterocycles. The number of phosphoric acid groups is 2. The number of unbranched alkanes of at least 4 members (excludes halogenated alkanes) is 20. The zero-order valence-corrected chi connectivity index (χ0v) is 42.9. The molecule has 0 aliphatic rings. The number of allylic oxidation sites excluding steroid dienone is 7. The van der Waals surface area contributed by atoms with Gasteiger partial charge in [-0.25, -0.2) is 9.13 Å². The number of hydrogen-bond donors (Lipinski definition) is 5. The van der Waals surface area contributed by atoms with Gasteiger partial charge in [0, 0.05) is 12.8 Å². The van der Waals surface area contributed by atoms with Gasteiger partial charge < -0.3 is 34.4 Å². The number of aliphatic hydroxyl groups excluding tert-OH is 2. The topological polar surface area (TPSA) is 216 Å². The van der Waals surface area contributed by atoms with Gasteiger partial charge in [-0.2, -0.15) is 0 Å². The van der Waals surface area contributed by atoms with Gasteiger partial charge in [0.1, 0.15) is 12.7 Å². The molecule has 386 valence electrons. The number of rotatable bonds is 47. The summed E-state index contributed by atoms with van der Waals surface area (Å²) in [7, 11) is -9.71. The average molecular weight is 979 g/mol. The van der Waals surface area contributed by atoms with E-state index in [-0.39, 0.29) is 12.8 Å². The van der Waals surface area contributed by atoms with Crippen molar-refractivity contribution >= 4 is 27.6 Å². The second-order valence-electron chi connectivity index (χ2n) is 17.8. The molecule has 0 amide bonds. The maximum atomic E-state index is 12.7. The summed E-state index contributed by atoms with van der Waals surface area (Å²) >= 11 is 0. The Morgan fingerprint density at radius 3 is 1.58 bits per heavy atom. The van der Waals surface area contributed by atoms with Crippen LogP contribution in [-0.4, -0.2) is 81.6 Å². The third-order valence-corrected chi connectivity index (χ3v) is 12.2. The Kier molecular flexibility index (Phi) is 42.9. The van der Waals surface area contributed by atoms with Crippen LogP contribution in [0, 0.1) is 5.92 Å². The molecular formula is C50H92O14P2. The molecule has 66 heavy (non-hydrogen) atoms. The van der Waals surface area contributed by atoms with Crippen molar-refractivity contribution in [2.45, 2.75) is 225 Å². The number of carbonyl (C=O) groups is 2. The van der Waals surface area contributed by atoms with Crippen LogP contribution in [0.3, 0.4) is 0 Å². The maximum absolute atomic E-state index is 12.7. The number of esters is 2. The summed E-state index contributed by atoms with van der Waals surface area (Å²) in [5.74, 6) is -0.289. The van der Waals surface area contributed by atoms with Crippen LogP contribution in [0.4, 0.5) is 0 Å². The average Bonchev–Trinajstić information content (AvgIpc) is 3.26. The van der Waals surface area contributed by atoms with Gasteiger partial charge in [-0.15, -0.1) is 0 Å². The lowest BCUT2D eigenvalue weighted by atomic mass is 10.0. The van der Waals surface area contributed by atoms with Crippen LogP contribution in [0.25, 0.3) is 0 Å². The van der Waals surface area contributed by atoms with Crippen molar-refractivity contribution in [2.75, 3.05) is 26.4 Å². The lowest BCUT2D eigenvalue weighted by Crippen LogP contribution is -2.30. The first-order chi connectivity index (χ1) is 31.6. The minimum Gasteiger partial charge on any atom is -0.462 e. The quantitative estimate of drug-likeness (QED) is 0.0126. The van der Waals surface area contributed by atoms with Crippen molar-refractivity contribution < 1.29 is 66.7 Å². The van der Waals surface area contributed by atoms with Crippen molar-refractivity contribution in [3.8, 4) is 0 Å². The largest absolute Gasteiger partial charge is 0.472 e. The van der Waals surface area contributed by atoms with Gasteiger partial charge in [0.25, 0.3) is 0 Å². The fraction of sp³-hybridized carbons (Fsp3) is 0.800. The molecule has 16 heteroatoms. The number of aliphatic hydroxyl groups is 2. The van der Waals surface area contributed by atoms with Gasteiger partial charge >= 0.3 is 27.6 Å². The third kappa shape index (κ3) is 48.5. The first kappa shape index (κ1) is 64.0. The Morgan fingerprint density at radius 1 is 0.530 bits per heavy atom. The Hall–Kier alpha value is -1.96. The molecule has 1 unspecified atom stereocenters. The Morgan fingerprint density at radius 2 is 1.02 bits per heavy atom. The van der Waals surface area contributed by atoms with Gasteiger partial charge in [-0.05, 0) is 44.4 Å². The number of carbonyl (C=O) groups excluding carboxylic acids is 2. The number of phosphoric ester groups is 2. The van der Waals surface area contributed by atoms with Crippen LogP contribution in [-0.2, 0) is 41.8 Å². The maximum Gasteiger partial charge on any atom is 0.472 e. The summed E-state index contributed by atoms with van der Waals surface area (Å²) in [6.07, 6.45) is 42.9. The molecule has 0 heterocycles. The molecule has 0 aromatic heterocycles. The van der Waals surface area contributed by atoms with Crippen LogP contribution in [0.2, 0.25) is 0 Å². The zero-order chi connectivity index (χ0) is 49.0. The summed E-state index contributed by atoms with van der Waals surface area (Å²) in [5.41, 5.74) is 0. The molecule has 0 rings (SSSR count). The van der Waals surface area contributed by atoms with E-state index in [0.29, 0.717) is 19.3 Å². The zero-order valence-electron chi connectivity index (χ0n) is 41.1. The lowest BCUT2D eigenvalue weighted by molar-refractivity contribution is -0.161. The van der Waals surface area contributed by atoms with E-state index in [2.05, 4.69) is 31.4 Å². The molecule has 0 aliphatic carbocycles. The monoisotopic (exact) mass is 979 g/mol. The van der Waals surface area contributed by atoms with Gasteiger partial charge in [0.05, 0.1) is 25.9 Å². The van der Waals surface area contributed by atoms with Crippen molar-refractivity contribution in [1.29, 1.82) is 0 Å². The predicted octanol–water partition coefficient (Wildman–Crippen LogP) is 12.6. The summed E-state index contributed by atoms with van der Waals surface area (Å²) in [5, 5.41) is 19.7. The number of ether oxygens (including phenoxy) is 2. The highest BCUT2D eigenvalue weighted by Gasteiger charge is 2.28. The van der Waals surface area contributed by atoms with E-state index in [1.165, 1.54) is 96.3 Å². The van der Waals surface area contributed by atoms with Gasteiger partial charge in [-0.3, -0.25) is 23.2 Å². The van der Waals surface area contributed by atoms with E-state index in [1.54, 1.807) is 0 Å². The molecule has 4 atom stereocenters. The van der Waals surface area contributed by atoms with Gasteiger partial charge in [-0.1, -0.05) is 204 Å². The molecule has 14 nitrogen and oxygen atoms in total. The molecule has 0 bridgehead atoms. The SMILES string of the molecule is CCCCC[C@@H](O)/C=C/C=C\C/C=C\C/C=C\CCCC(=O)OC[C@H](COP(=O)(O)OC[C@@H](O)COP(=O)(O)O)OC(=O)CCCCCCCCCCCCCCCCCCCCC(C)C. The molecule has 0 radical (unpaired) electrons. The second-order valence-corrected chi connectivity index (χ2v) is 20.5. The minimum absolute atomic E-state index is 0.0997. The highest BCUT2D eigenvalue weighted by atomic mass is 31.2. The summed E-state index contributed by atoms with van der Waals surface area (Å²) in [6, 6.07) is 0. The molecule has 0 fully saturated rings. The molecule has 0 aromatic carbocycles.